The first-order valence-corrected chi connectivity index (χ1v) is 6.92. The van der Waals surface area contributed by atoms with E-state index in [9.17, 15) is 15.0 Å². The molecule has 0 bridgehead atoms. The number of methoxy groups -OCH3 is 1. The van der Waals surface area contributed by atoms with Crippen LogP contribution in [0.2, 0.25) is 0 Å². The molecule has 0 aromatic heterocycles. The third-order valence-electron chi connectivity index (χ3n) is 3.58. The average Bonchev–Trinajstić information content (AvgIpc) is 2.43. The Labute approximate surface area is 122 Å². The van der Waals surface area contributed by atoms with Crippen LogP contribution in [0, 0.1) is 0 Å². The minimum absolute atomic E-state index is 0.111. The van der Waals surface area contributed by atoms with Gasteiger partial charge in [-0.25, -0.2) is 0 Å². The molecule has 2 saturated heterocycles. The highest BCUT2D eigenvalue weighted by Gasteiger charge is 2.52. The molecular formula is C13H22O8. The van der Waals surface area contributed by atoms with Crippen LogP contribution < -0.4 is 0 Å². The number of rotatable bonds is 4. The van der Waals surface area contributed by atoms with E-state index in [1.165, 1.54) is 7.11 Å². The van der Waals surface area contributed by atoms with Crippen LogP contribution in [0.15, 0.2) is 0 Å². The van der Waals surface area contributed by atoms with Crippen LogP contribution in [0.25, 0.3) is 0 Å². The summed E-state index contributed by atoms with van der Waals surface area (Å²) in [4.78, 5) is 11.6. The minimum atomic E-state index is -1.24. The number of carbonyl (C=O) groups is 1. The maximum atomic E-state index is 11.6. The number of hydrogen-bond acceptors (Lipinski definition) is 8. The summed E-state index contributed by atoms with van der Waals surface area (Å²) < 4.78 is 26.5. The summed E-state index contributed by atoms with van der Waals surface area (Å²) in [5.74, 6) is -1.68. The highest BCUT2D eigenvalue weighted by molar-refractivity contribution is 5.70. The molecule has 2 heterocycles. The molecule has 0 unspecified atom stereocenters. The molecule has 0 spiro atoms. The summed E-state index contributed by atoms with van der Waals surface area (Å²) in [5.41, 5.74) is 0. The SMILES string of the molecule is CCOC(=O)C[C@@]1(C)OC[C@H]2O[C@H](OC)[C@H](O)[C@@H](O)[C@@H]2O1. The van der Waals surface area contributed by atoms with Gasteiger partial charge in [-0.05, 0) is 13.8 Å². The van der Waals surface area contributed by atoms with Crippen molar-refractivity contribution in [2.45, 2.75) is 56.8 Å². The van der Waals surface area contributed by atoms with E-state index in [-0.39, 0.29) is 19.6 Å². The van der Waals surface area contributed by atoms with Crippen molar-refractivity contribution in [1.29, 1.82) is 0 Å². The Morgan fingerprint density at radius 1 is 1.38 bits per heavy atom. The summed E-state index contributed by atoms with van der Waals surface area (Å²) >= 11 is 0. The molecule has 2 aliphatic heterocycles. The zero-order chi connectivity index (χ0) is 15.6. The Balaban J connectivity index is 2.03. The molecule has 21 heavy (non-hydrogen) atoms. The maximum absolute atomic E-state index is 11.6. The van der Waals surface area contributed by atoms with Gasteiger partial charge in [-0.15, -0.1) is 0 Å². The largest absolute Gasteiger partial charge is 0.466 e. The summed E-state index contributed by atoms with van der Waals surface area (Å²) in [7, 11) is 1.37. The van der Waals surface area contributed by atoms with Crippen molar-refractivity contribution >= 4 is 5.97 Å². The smallest absolute Gasteiger partial charge is 0.311 e. The number of carbonyl (C=O) groups excluding carboxylic acids is 1. The van der Waals surface area contributed by atoms with E-state index < -0.39 is 42.5 Å². The van der Waals surface area contributed by atoms with Gasteiger partial charge in [0.2, 0.25) is 0 Å². The molecule has 0 aromatic rings. The zero-order valence-corrected chi connectivity index (χ0v) is 12.4. The molecule has 0 radical (unpaired) electrons. The number of esters is 1. The minimum Gasteiger partial charge on any atom is -0.466 e. The van der Waals surface area contributed by atoms with Gasteiger partial charge in [0.15, 0.2) is 12.1 Å². The van der Waals surface area contributed by atoms with Gasteiger partial charge in [0, 0.05) is 7.11 Å². The van der Waals surface area contributed by atoms with Gasteiger partial charge in [0.1, 0.15) is 24.4 Å². The second-order valence-electron chi connectivity index (χ2n) is 5.27. The highest BCUT2D eigenvalue weighted by atomic mass is 16.8. The Morgan fingerprint density at radius 3 is 2.71 bits per heavy atom. The molecule has 2 rings (SSSR count). The van der Waals surface area contributed by atoms with Gasteiger partial charge in [-0.3, -0.25) is 4.79 Å². The fraction of sp³-hybridized carbons (Fsp3) is 0.923. The third-order valence-corrected chi connectivity index (χ3v) is 3.58. The number of hydrogen-bond donors (Lipinski definition) is 2. The van der Waals surface area contributed by atoms with Crippen molar-refractivity contribution in [2.24, 2.45) is 0 Å². The quantitative estimate of drug-likeness (QED) is 0.648. The molecule has 2 fully saturated rings. The summed E-state index contributed by atoms with van der Waals surface area (Å²) in [5, 5.41) is 20.0. The second-order valence-corrected chi connectivity index (χ2v) is 5.27. The van der Waals surface area contributed by atoms with Gasteiger partial charge >= 0.3 is 5.97 Å². The van der Waals surface area contributed by atoms with Crippen LogP contribution in [0.1, 0.15) is 20.3 Å². The van der Waals surface area contributed by atoms with Crippen molar-refractivity contribution in [1.82, 2.24) is 0 Å². The van der Waals surface area contributed by atoms with E-state index >= 15 is 0 Å². The Morgan fingerprint density at radius 2 is 2.10 bits per heavy atom. The molecule has 0 aromatic carbocycles. The molecule has 0 amide bonds. The Hall–Kier alpha value is -0.770. The highest BCUT2D eigenvalue weighted by Crippen LogP contribution is 2.34. The van der Waals surface area contributed by atoms with E-state index in [4.69, 9.17) is 23.7 Å². The number of aliphatic hydroxyl groups excluding tert-OH is 2. The standard InChI is InChI=1S/C13H22O8/c1-4-18-8(14)5-13(2)19-6-7-11(21-13)9(15)10(16)12(17-3)20-7/h7,9-12,15-16H,4-6H2,1-3H3/t7-,9-,10-,11-,12+,13+/m1/s1. The lowest BCUT2D eigenvalue weighted by Crippen LogP contribution is -2.65. The average molecular weight is 306 g/mol. The topological polar surface area (TPSA) is 104 Å². The van der Waals surface area contributed by atoms with Crippen molar-refractivity contribution in [3.8, 4) is 0 Å². The predicted molar refractivity (Wildman–Crippen MR) is 68.2 cm³/mol. The summed E-state index contributed by atoms with van der Waals surface area (Å²) in [6.07, 6.45) is -4.87. The number of ether oxygens (including phenoxy) is 5. The lowest BCUT2D eigenvalue weighted by atomic mass is 9.97. The zero-order valence-electron chi connectivity index (χ0n) is 12.4. The van der Waals surface area contributed by atoms with E-state index in [1.54, 1.807) is 13.8 Å². The normalized spacial score (nSPS) is 43.2. The van der Waals surface area contributed by atoms with Crippen LogP contribution in [-0.4, -0.2) is 73.0 Å². The molecular weight excluding hydrogens is 284 g/mol. The van der Waals surface area contributed by atoms with Crippen molar-refractivity contribution in [3.05, 3.63) is 0 Å². The van der Waals surface area contributed by atoms with Crippen molar-refractivity contribution in [3.63, 3.8) is 0 Å². The van der Waals surface area contributed by atoms with Crippen LogP contribution in [0.3, 0.4) is 0 Å². The maximum Gasteiger partial charge on any atom is 0.311 e. The van der Waals surface area contributed by atoms with Crippen LogP contribution >= 0.6 is 0 Å². The van der Waals surface area contributed by atoms with Crippen molar-refractivity contribution in [2.75, 3.05) is 20.3 Å². The first kappa shape index (κ1) is 16.6. The molecule has 8 heteroatoms. The molecule has 2 N–H and O–H groups in total. The van der Waals surface area contributed by atoms with E-state index in [0.717, 1.165) is 0 Å². The monoisotopic (exact) mass is 306 g/mol. The van der Waals surface area contributed by atoms with E-state index in [2.05, 4.69) is 0 Å². The van der Waals surface area contributed by atoms with Gasteiger partial charge in [-0.1, -0.05) is 0 Å². The summed E-state index contributed by atoms with van der Waals surface area (Å²) in [6.45, 7) is 3.67. The molecule has 2 aliphatic rings. The van der Waals surface area contributed by atoms with Crippen LogP contribution in [0.5, 0.6) is 0 Å². The molecule has 0 saturated carbocycles. The first-order chi connectivity index (χ1) is 9.90. The third kappa shape index (κ3) is 3.53. The number of aliphatic hydroxyl groups is 2. The molecule has 0 aliphatic carbocycles. The van der Waals surface area contributed by atoms with Gasteiger partial charge < -0.3 is 33.9 Å². The van der Waals surface area contributed by atoms with Crippen LogP contribution in [0.4, 0.5) is 0 Å². The fourth-order valence-electron chi connectivity index (χ4n) is 2.53. The van der Waals surface area contributed by atoms with Crippen LogP contribution in [-0.2, 0) is 28.5 Å². The molecule has 122 valence electrons. The van der Waals surface area contributed by atoms with Crippen molar-refractivity contribution < 1.29 is 38.7 Å². The van der Waals surface area contributed by atoms with Gasteiger partial charge in [0.25, 0.3) is 0 Å². The van der Waals surface area contributed by atoms with Gasteiger partial charge in [0.05, 0.1) is 19.6 Å². The van der Waals surface area contributed by atoms with Gasteiger partial charge in [-0.2, -0.15) is 0 Å². The lowest BCUT2D eigenvalue weighted by molar-refractivity contribution is -0.384. The lowest BCUT2D eigenvalue weighted by Gasteiger charge is -2.49. The molecule has 8 nitrogen and oxygen atoms in total. The Kier molecular flexibility index (Phi) is 5.18. The first-order valence-electron chi connectivity index (χ1n) is 6.92. The fourth-order valence-corrected chi connectivity index (χ4v) is 2.53. The second kappa shape index (κ2) is 6.55. The Bertz CT molecular complexity index is 373. The number of fused-ring (bicyclic) bond motifs is 1. The predicted octanol–water partition coefficient (Wildman–Crippen LogP) is -0.836. The van der Waals surface area contributed by atoms with E-state index in [0.29, 0.717) is 0 Å². The summed E-state index contributed by atoms with van der Waals surface area (Å²) in [6, 6.07) is 0. The molecule has 6 atom stereocenters. The van der Waals surface area contributed by atoms with E-state index in [1.807, 2.05) is 0 Å².